The number of ether oxygens (including phenoxy) is 1. The first-order valence-electron chi connectivity index (χ1n) is 6.18. The first-order chi connectivity index (χ1) is 8.31. The van der Waals surface area contributed by atoms with Gasteiger partial charge in [-0.3, -0.25) is 0 Å². The predicted molar refractivity (Wildman–Crippen MR) is 69.7 cm³/mol. The highest BCUT2D eigenvalue weighted by Gasteiger charge is 2.56. The Kier molecular flexibility index (Phi) is 2.98. The molecular formula is C15H20O3. The lowest BCUT2D eigenvalue weighted by molar-refractivity contribution is -0.145. The third-order valence-electron chi connectivity index (χ3n) is 4.36. The fraction of sp³-hybridized carbons (Fsp3) is 0.533. The van der Waals surface area contributed by atoms with Gasteiger partial charge < -0.3 is 9.84 Å². The van der Waals surface area contributed by atoms with Gasteiger partial charge in [-0.2, -0.15) is 0 Å². The van der Waals surface area contributed by atoms with E-state index in [4.69, 9.17) is 4.74 Å². The molecule has 1 saturated carbocycles. The third kappa shape index (κ3) is 1.65. The van der Waals surface area contributed by atoms with Crippen molar-refractivity contribution in [2.24, 2.45) is 17.3 Å². The highest BCUT2D eigenvalue weighted by molar-refractivity contribution is 5.91. The Morgan fingerprint density at radius 2 is 2.22 bits per heavy atom. The van der Waals surface area contributed by atoms with Crippen molar-refractivity contribution >= 4 is 5.97 Å². The maximum Gasteiger partial charge on any atom is 0.334 e. The Bertz CT molecular complexity index is 437. The van der Waals surface area contributed by atoms with Gasteiger partial charge in [-0.25, -0.2) is 4.79 Å². The molecule has 0 aromatic carbocycles. The van der Waals surface area contributed by atoms with Crippen LogP contribution < -0.4 is 0 Å². The summed E-state index contributed by atoms with van der Waals surface area (Å²) in [6.07, 6.45) is 1.40. The predicted octanol–water partition coefficient (Wildman–Crippen LogP) is 2.23. The molecule has 5 atom stereocenters. The van der Waals surface area contributed by atoms with Gasteiger partial charge in [0, 0.05) is 11.5 Å². The number of hydrogen-bond acceptors (Lipinski definition) is 3. The van der Waals surface area contributed by atoms with Gasteiger partial charge in [0.2, 0.25) is 0 Å². The van der Waals surface area contributed by atoms with Crippen LogP contribution in [0.2, 0.25) is 0 Å². The number of fused-ring (bicyclic) bond motifs is 1. The zero-order chi connectivity index (χ0) is 13.7. The van der Waals surface area contributed by atoms with Crippen LogP contribution in [-0.4, -0.2) is 23.3 Å². The number of carbonyl (C=O) groups is 1. The van der Waals surface area contributed by atoms with Crippen LogP contribution in [0.1, 0.15) is 20.3 Å². The highest BCUT2D eigenvalue weighted by Crippen LogP contribution is 2.52. The molecule has 98 valence electrons. The van der Waals surface area contributed by atoms with E-state index in [0.717, 1.165) is 5.57 Å². The zero-order valence-corrected chi connectivity index (χ0v) is 11.0. The van der Waals surface area contributed by atoms with Crippen molar-refractivity contribution in [3.05, 3.63) is 37.0 Å². The van der Waals surface area contributed by atoms with E-state index in [1.54, 1.807) is 0 Å². The molecule has 0 radical (unpaired) electrons. The number of aliphatic hydroxyl groups excluding tert-OH is 1. The average molecular weight is 248 g/mol. The van der Waals surface area contributed by atoms with E-state index in [0.29, 0.717) is 12.0 Å². The lowest BCUT2D eigenvalue weighted by Crippen LogP contribution is -2.49. The van der Waals surface area contributed by atoms with Crippen molar-refractivity contribution in [3.8, 4) is 0 Å². The summed E-state index contributed by atoms with van der Waals surface area (Å²) in [5.41, 5.74) is 1.02. The third-order valence-corrected chi connectivity index (χ3v) is 4.36. The maximum atomic E-state index is 11.7. The summed E-state index contributed by atoms with van der Waals surface area (Å²) in [4.78, 5) is 11.7. The Morgan fingerprint density at radius 3 is 2.72 bits per heavy atom. The van der Waals surface area contributed by atoms with Crippen LogP contribution in [0, 0.1) is 17.3 Å². The quantitative estimate of drug-likeness (QED) is 0.463. The van der Waals surface area contributed by atoms with Crippen LogP contribution in [0.15, 0.2) is 37.0 Å². The molecule has 2 rings (SSSR count). The monoisotopic (exact) mass is 248 g/mol. The smallest absolute Gasteiger partial charge is 0.334 e. The largest absolute Gasteiger partial charge is 0.458 e. The molecule has 0 aromatic heterocycles. The molecule has 1 N–H and O–H groups in total. The Labute approximate surface area is 108 Å². The van der Waals surface area contributed by atoms with Gasteiger partial charge in [-0.05, 0) is 18.8 Å². The van der Waals surface area contributed by atoms with Gasteiger partial charge in [-0.15, -0.1) is 6.58 Å². The number of rotatable bonds is 2. The van der Waals surface area contributed by atoms with Crippen molar-refractivity contribution in [2.75, 3.05) is 0 Å². The molecule has 0 amide bonds. The summed E-state index contributed by atoms with van der Waals surface area (Å²) in [6.45, 7) is 15.6. The molecule has 18 heavy (non-hydrogen) atoms. The Balaban J connectivity index is 2.47. The van der Waals surface area contributed by atoms with Gasteiger partial charge >= 0.3 is 5.97 Å². The van der Waals surface area contributed by atoms with E-state index < -0.39 is 12.1 Å². The molecule has 1 aliphatic heterocycles. The summed E-state index contributed by atoms with van der Waals surface area (Å²) in [5, 5.41) is 10.3. The minimum absolute atomic E-state index is 0.0217. The Morgan fingerprint density at radius 1 is 1.61 bits per heavy atom. The molecule has 0 aromatic rings. The highest BCUT2D eigenvalue weighted by atomic mass is 16.6. The summed E-state index contributed by atoms with van der Waals surface area (Å²) < 4.78 is 5.41. The first kappa shape index (κ1) is 13.1. The number of allylic oxidation sites excluding steroid dienone is 1. The molecule has 0 bridgehead atoms. The lowest BCUT2D eigenvalue weighted by Gasteiger charge is -2.47. The normalized spacial score (nSPS) is 43.3. The van der Waals surface area contributed by atoms with Crippen LogP contribution in [0.25, 0.3) is 0 Å². The lowest BCUT2D eigenvalue weighted by atomic mass is 9.59. The van der Waals surface area contributed by atoms with Gasteiger partial charge in [0.25, 0.3) is 0 Å². The molecule has 1 saturated heterocycles. The van der Waals surface area contributed by atoms with E-state index in [1.165, 1.54) is 0 Å². The van der Waals surface area contributed by atoms with Crippen LogP contribution in [0.3, 0.4) is 0 Å². The second kappa shape index (κ2) is 4.09. The fourth-order valence-electron chi connectivity index (χ4n) is 3.47. The minimum Gasteiger partial charge on any atom is -0.458 e. The topological polar surface area (TPSA) is 46.5 Å². The number of carbonyl (C=O) groups excluding carboxylic acids is 1. The molecule has 3 nitrogen and oxygen atoms in total. The SMILES string of the molecule is C=C[C@]1(C)C[C@H](O)[C@@H]2C(=C)C(=O)O[C@@H]2[C@@H]1C(=C)C. The zero-order valence-electron chi connectivity index (χ0n) is 11.0. The summed E-state index contributed by atoms with van der Waals surface area (Å²) in [6, 6.07) is 0. The molecule has 1 aliphatic carbocycles. The molecule has 2 aliphatic rings. The summed E-state index contributed by atoms with van der Waals surface area (Å²) in [5.74, 6) is -0.734. The second-order valence-electron chi connectivity index (χ2n) is 5.73. The Hall–Kier alpha value is -1.35. The molecular weight excluding hydrogens is 228 g/mol. The molecule has 0 spiro atoms. The number of aliphatic hydroxyl groups is 1. The molecule has 0 unspecified atom stereocenters. The average Bonchev–Trinajstić information content (AvgIpc) is 2.54. The summed E-state index contributed by atoms with van der Waals surface area (Å²) >= 11 is 0. The van der Waals surface area contributed by atoms with E-state index in [2.05, 4.69) is 19.7 Å². The van der Waals surface area contributed by atoms with E-state index in [9.17, 15) is 9.90 Å². The maximum absolute atomic E-state index is 11.7. The number of hydrogen-bond donors (Lipinski definition) is 1. The minimum atomic E-state index is -0.618. The van der Waals surface area contributed by atoms with Gasteiger partial charge in [0.1, 0.15) is 6.10 Å². The van der Waals surface area contributed by atoms with Crippen molar-refractivity contribution in [3.63, 3.8) is 0 Å². The van der Waals surface area contributed by atoms with Crippen molar-refractivity contribution in [1.29, 1.82) is 0 Å². The van der Waals surface area contributed by atoms with E-state index >= 15 is 0 Å². The van der Waals surface area contributed by atoms with Crippen molar-refractivity contribution in [2.45, 2.75) is 32.5 Å². The summed E-state index contributed by atoms with van der Waals surface area (Å²) in [7, 11) is 0. The van der Waals surface area contributed by atoms with Crippen LogP contribution in [0.4, 0.5) is 0 Å². The molecule has 1 heterocycles. The van der Waals surface area contributed by atoms with E-state index in [1.807, 2.05) is 19.9 Å². The van der Waals surface area contributed by atoms with Gasteiger partial charge in [-0.1, -0.05) is 31.7 Å². The molecule has 3 heteroatoms. The van der Waals surface area contributed by atoms with Crippen molar-refractivity contribution < 1.29 is 14.6 Å². The van der Waals surface area contributed by atoms with Gasteiger partial charge in [0.15, 0.2) is 0 Å². The second-order valence-corrected chi connectivity index (χ2v) is 5.73. The standard InChI is InChI=1S/C15H20O3/c1-6-15(5)7-10(16)11-9(4)14(17)18-13(11)12(15)8(2)3/h6,10-13,16H,1-2,4,7H2,3,5H3/t10-,11-,12-,13-,15+/m0/s1. The van der Waals surface area contributed by atoms with E-state index in [-0.39, 0.29) is 23.4 Å². The first-order valence-corrected chi connectivity index (χ1v) is 6.18. The van der Waals surface area contributed by atoms with Crippen LogP contribution in [0.5, 0.6) is 0 Å². The van der Waals surface area contributed by atoms with Gasteiger partial charge in [0.05, 0.1) is 12.0 Å². The van der Waals surface area contributed by atoms with Crippen LogP contribution in [-0.2, 0) is 9.53 Å². The van der Waals surface area contributed by atoms with Crippen LogP contribution >= 0.6 is 0 Å². The fourth-order valence-corrected chi connectivity index (χ4v) is 3.47. The van der Waals surface area contributed by atoms with Crippen molar-refractivity contribution in [1.82, 2.24) is 0 Å². The molecule has 2 fully saturated rings. The number of esters is 1.